The van der Waals surface area contributed by atoms with Crippen LogP contribution in [0.1, 0.15) is 32.0 Å². The highest BCUT2D eigenvalue weighted by atomic mass is 16.5. The van der Waals surface area contributed by atoms with Gasteiger partial charge >= 0.3 is 6.03 Å². The summed E-state index contributed by atoms with van der Waals surface area (Å²) in [5.41, 5.74) is 1.77. The molecule has 0 aliphatic carbocycles. The van der Waals surface area contributed by atoms with Crippen molar-refractivity contribution in [3.05, 3.63) is 47.3 Å². The number of hydrogen-bond acceptors (Lipinski definition) is 9. The van der Waals surface area contributed by atoms with Crippen LogP contribution in [0, 0.1) is 11.3 Å². The molecule has 0 saturated heterocycles. The molecule has 1 aliphatic heterocycles. The van der Waals surface area contributed by atoms with Crippen molar-refractivity contribution in [2.24, 2.45) is 12.0 Å². The summed E-state index contributed by atoms with van der Waals surface area (Å²) in [7, 11) is 4.99. The van der Waals surface area contributed by atoms with E-state index in [9.17, 15) is 10.1 Å². The summed E-state index contributed by atoms with van der Waals surface area (Å²) >= 11 is 0. The molecule has 3 aromatic rings. The highest BCUT2D eigenvalue weighted by molar-refractivity contribution is 5.84. The maximum atomic E-state index is 12.0. The van der Waals surface area contributed by atoms with E-state index < -0.39 is 0 Å². The molecule has 1 aliphatic rings. The molecular weight excluding hydrogens is 488 g/mol. The van der Waals surface area contributed by atoms with Crippen LogP contribution in [0.5, 0.6) is 5.75 Å². The van der Waals surface area contributed by atoms with Gasteiger partial charge in [0.05, 0.1) is 30.6 Å². The molecule has 0 aromatic carbocycles. The summed E-state index contributed by atoms with van der Waals surface area (Å²) in [6.07, 6.45) is 4.60. The van der Waals surface area contributed by atoms with Crippen LogP contribution < -0.4 is 15.4 Å². The molecule has 0 radical (unpaired) electrons. The Bertz CT molecular complexity index is 1500. The summed E-state index contributed by atoms with van der Waals surface area (Å²) in [6, 6.07) is 3.74. The maximum Gasteiger partial charge on any atom is 0.322 e. The predicted octanol–water partition coefficient (Wildman–Crippen LogP) is 3.18. The van der Waals surface area contributed by atoms with Crippen LogP contribution in [0.2, 0.25) is 0 Å². The van der Waals surface area contributed by atoms with E-state index in [4.69, 9.17) is 9.47 Å². The first-order chi connectivity index (χ1) is 18.0. The second-order valence-electron chi connectivity index (χ2n) is 9.43. The van der Waals surface area contributed by atoms with Crippen LogP contribution in [0.25, 0.3) is 11.2 Å². The minimum Gasteiger partial charge on any atom is -0.454 e. The van der Waals surface area contributed by atoms with Gasteiger partial charge in [-0.25, -0.2) is 14.8 Å². The number of ether oxygens (including phenoxy) is 2. The Kier molecular flexibility index (Phi) is 7.18. The topological polar surface area (TPSA) is 148 Å². The second kappa shape index (κ2) is 10.3. The van der Waals surface area contributed by atoms with Crippen molar-refractivity contribution in [2.45, 2.75) is 39.5 Å². The van der Waals surface area contributed by atoms with E-state index in [2.05, 4.69) is 43.5 Å². The second-order valence-corrected chi connectivity index (χ2v) is 9.43. The Labute approximate surface area is 220 Å². The molecule has 3 aromatic heterocycles. The molecule has 0 unspecified atom stereocenters. The van der Waals surface area contributed by atoms with Crippen LogP contribution in [0.15, 0.2) is 41.0 Å². The number of aryl methyl sites for hydroxylation is 1. The van der Waals surface area contributed by atoms with Gasteiger partial charge in [-0.1, -0.05) is 0 Å². The first-order valence-electron chi connectivity index (χ1n) is 11.8. The summed E-state index contributed by atoms with van der Waals surface area (Å²) in [6.45, 7) is 10.4. The Morgan fingerprint density at radius 2 is 2.18 bits per heavy atom. The number of pyridine rings is 1. The minimum absolute atomic E-state index is 0.188. The van der Waals surface area contributed by atoms with Gasteiger partial charge in [-0.2, -0.15) is 15.3 Å². The summed E-state index contributed by atoms with van der Waals surface area (Å²) in [5.74, 6) is 1.82. The van der Waals surface area contributed by atoms with Gasteiger partial charge in [0.1, 0.15) is 28.7 Å². The molecule has 0 atom stereocenters. The molecule has 13 heteroatoms. The average Bonchev–Trinajstić information content (AvgIpc) is 3.41. The number of carbonyl (C=O) groups is 1. The minimum atomic E-state index is -0.371. The van der Waals surface area contributed by atoms with Crippen LogP contribution in [-0.2, 0) is 24.9 Å². The molecule has 0 bridgehead atoms. The fourth-order valence-corrected chi connectivity index (χ4v) is 3.79. The number of rotatable bonds is 7. The number of hydrogen-bond donors (Lipinski definition) is 2. The van der Waals surface area contributed by atoms with Gasteiger partial charge < -0.3 is 24.3 Å². The van der Waals surface area contributed by atoms with Crippen molar-refractivity contribution >= 4 is 35.7 Å². The Hall–Kier alpha value is -4.70. The zero-order chi connectivity index (χ0) is 27.6. The van der Waals surface area contributed by atoms with E-state index in [0.29, 0.717) is 41.8 Å². The fraction of sp³-hybridized carbons (Fsp3) is 0.360. The molecule has 0 saturated carbocycles. The molecule has 2 N–H and O–H groups in total. The number of nitrogens with one attached hydrogen (secondary N) is 2. The van der Waals surface area contributed by atoms with Crippen molar-refractivity contribution in [1.29, 1.82) is 5.26 Å². The van der Waals surface area contributed by atoms with Crippen LogP contribution in [0.4, 0.5) is 16.6 Å². The standard InChI is InChI=1S/C25H30N10O3/c1-8-16(10-19(27-4)30-24(36)33(5)6)38-18-12-28-22-21(17(18)11-26)34(7)23(31-22)29-20-9-15-13-37-25(2,3)14-35(15)32-20/h8-10,12H,4,13-14H2,1-3,5-7H3,(H,30,36)(H,28,29,31,32)/b16-8+,19-10+. The lowest BCUT2D eigenvalue weighted by Gasteiger charge is -2.30. The van der Waals surface area contributed by atoms with Crippen molar-refractivity contribution in [3.8, 4) is 11.8 Å². The van der Waals surface area contributed by atoms with Gasteiger partial charge in [0.2, 0.25) is 5.95 Å². The van der Waals surface area contributed by atoms with E-state index in [0.717, 1.165) is 5.69 Å². The lowest BCUT2D eigenvalue weighted by molar-refractivity contribution is -0.0660. The molecule has 4 heterocycles. The number of aliphatic imine (C=N–C) groups is 1. The molecule has 13 nitrogen and oxygen atoms in total. The zero-order valence-corrected chi connectivity index (χ0v) is 22.2. The number of imidazole rings is 1. The Morgan fingerprint density at radius 1 is 1.42 bits per heavy atom. The Morgan fingerprint density at radius 3 is 2.84 bits per heavy atom. The number of anilines is 2. The molecule has 2 amide bonds. The monoisotopic (exact) mass is 518 g/mol. The van der Waals surface area contributed by atoms with Gasteiger partial charge in [-0.15, -0.1) is 0 Å². The summed E-state index contributed by atoms with van der Waals surface area (Å²) in [5, 5.41) is 20.5. The van der Waals surface area contributed by atoms with Crippen molar-refractivity contribution < 1.29 is 14.3 Å². The fourth-order valence-electron chi connectivity index (χ4n) is 3.79. The molecule has 0 fully saturated rings. The highest BCUT2D eigenvalue weighted by Crippen LogP contribution is 2.30. The zero-order valence-electron chi connectivity index (χ0n) is 22.2. The molecule has 198 valence electrons. The Balaban J connectivity index is 1.62. The van der Waals surface area contributed by atoms with Crippen molar-refractivity contribution in [3.63, 3.8) is 0 Å². The maximum absolute atomic E-state index is 12.0. The van der Waals surface area contributed by atoms with Gasteiger partial charge in [0.25, 0.3) is 0 Å². The molecule has 38 heavy (non-hydrogen) atoms. The normalized spacial score (nSPS) is 15.0. The van der Waals surface area contributed by atoms with Gasteiger partial charge in [-0.3, -0.25) is 10.00 Å². The van der Waals surface area contributed by atoms with E-state index >= 15 is 0 Å². The lowest BCUT2D eigenvalue weighted by atomic mass is 10.1. The first-order valence-corrected chi connectivity index (χ1v) is 11.8. The molecule has 0 spiro atoms. The largest absolute Gasteiger partial charge is 0.454 e. The van der Waals surface area contributed by atoms with E-state index in [1.807, 2.05) is 24.6 Å². The number of nitrogens with zero attached hydrogens (tertiary/aromatic N) is 8. The quantitative estimate of drug-likeness (QED) is 0.275. The number of allylic oxidation sites excluding steroid dienone is 2. The summed E-state index contributed by atoms with van der Waals surface area (Å²) < 4.78 is 15.5. The third-order valence-corrected chi connectivity index (χ3v) is 5.82. The number of amides is 2. The molecular formula is C25H30N10O3. The lowest BCUT2D eigenvalue weighted by Crippen LogP contribution is -2.36. The van der Waals surface area contributed by atoms with E-state index in [1.165, 1.54) is 17.2 Å². The third kappa shape index (κ3) is 5.35. The SMILES string of the molecule is C=N/C(=C\C(=C/C)Oc1cnc2nc(Nc3cc4n(n3)CC(C)(C)OC4)n(C)c2c1C#N)NC(=O)N(C)C. The van der Waals surface area contributed by atoms with E-state index in [1.54, 1.807) is 38.7 Å². The number of nitriles is 1. The highest BCUT2D eigenvalue weighted by Gasteiger charge is 2.27. The third-order valence-electron chi connectivity index (χ3n) is 5.82. The first kappa shape index (κ1) is 26.4. The average molecular weight is 519 g/mol. The van der Waals surface area contributed by atoms with E-state index in [-0.39, 0.29) is 28.8 Å². The van der Waals surface area contributed by atoms with Crippen LogP contribution in [0.3, 0.4) is 0 Å². The van der Waals surface area contributed by atoms with Crippen LogP contribution >= 0.6 is 0 Å². The van der Waals surface area contributed by atoms with Crippen molar-refractivity contribution in [2.75, 3.05) is 19.4 Å². The van der Waals surface area contributed by atoms with Gasteiger partial charge in [0.15, 0.2) is 17.2 Å². The summed E-state index contributed by atoms with van der Waals surface area (Å²) in [4.78, 5) is 26.1. The van der Waals surface area contributed by atoms with Crippen molar-refractivity contribution in [1.82, 2.24) is 34.5 Å². The van der Waals surface area contributed by atoms with Crippen LogP contribution in [-0.4, -0.2) is 61.7 Å². The number of fused-ring (bicyclic) bond motifs is 2. The molecule has 4 rings (SSSR count). The smallest absolute Gasteiger partial charge is 0.322 e. The number of carbonyl (C=O) groups excluding carboxylic acids is 1. The number of aromatic nitrogens is 5. The predicted molar refractivity (Wildman–Crippen MR) is 142 cm³/mol. The van der Waals surface area contributed by atoms with Gasteiger partial charge in [0, 0.05) is 33.3 Å². The number of urea groups is 1. The van der Waals surface area contributed by atoms with Gasteiger partial charge in [-0.05, 0) is 33.6 Å².